The first-order valence-electron chi connectivity index (χ1n) is 11.2. The molecule has 170 valence electrons. The molecule has 0 saturated carbocycles. The zero-order valence-corrected chi connectivity index (χ0v) is 19.4. The van der Waals surface area contributed by atoms with Crippen molar-refractivity contribution in [3.8, 4) is 5.75 Å². The number of ether oxygens (including phenoxy) is 1. The topological polar surface area (TPSA) is 88.4 Å². The predicted molar refractivity (Wildman–Crippen MR) is 129 cm³/mol. The van der Waals surface area contributed by atoms with E-state index in [1.165, 1.54) is 37.3 Å². The third-order valence-electron chi connectivity index (χ3n) is 6.52. The number of anilines is 2. The Hall–Kier alpha value is -3.24. The van der Waals surface area contributed by atoms with Crippen LogP contribution in [0.3, 0.4) is 0 Å². The van der Waals surface area contributed by atoms with Gasteiger partial charge < -0.3 is 15.0 Å². The number of carbonyl (C=O) groups excluding carboxylic acids is 1. The Balaban J connectivity index is 1.23. The molecule has 0 aliphatic carbocycles. The molecular weight excluding hydrogens is 438 g/mol. The summed E-state index contributed by atoms with van der Waals surface area (Å²) in [5.74, 6) is 1.24. The maximum absolute atomic E-state index is 13.0. The summed E-state index contributed by atoms with van der Waals surface area (Å²) in [4.78, 5) is 28.0. The van der Waals surface area contributed by atoms with Crippen LogP contribution in [0, 0.1) is 0 Å². The van der Waals surface area contributed by atoms with E-state index in [9.17, 15) is 4.79 Å². The number of benzene rings is 1. The number of nitrogens with zero attached hydrogens (tertiary/aromatic N) is 6. The fraction of sp³-hybridized carbons (Fsp3) is 0.391. The summed E-state index contributed by atoms with van der Waals surface area (Å²) in [6.45, 7) is 4.47. The Morgan fingerprint density at radius 3 is 2.85 bits per heavy atom. The summed E-state index contributed by atoms with van der Waals surface area (Å²) in [5.41, 5.74) is 2.13. The Kier molecular flexibility index (Phi) is 4.92. The van der Waals surface area contributed by atoms with E-state index >= 15 is 0 Å². The van der Waals surface area contributed by atoms with Crippen molar-refractivity contribution in [2.75, 3.05) is 43.5 Å². The summed E-state index contributed by atoms with van der Waals surface area (Å²) in [6, 6.07) is 8.29. The van der Waals surface area contributed by atoms with E-state index < -0.39 is 0 Å². The lowest BCUT2D eigenvalue weighted by molar-refractivity contribution is 0.102. The van der Waals surface area contributed by atoms with Crippen molar-refractivity contribution in [2.24, 2.45) is 7.05 Å². The lowest BCUT2D eigenvalue weighted by atomic mass is 10.1. The van der Waals surface area contributed by atoms with Crippen LogP contribution in [0.4, 0.5) is 11.5 Å². The van der Waals surface area contributed by atoms with Gasteiger partial charge in [0.15, 0.2) is 5.01 Å². The van der Waals surface area contributed by atoms with Crippen LogP contribution in [0.2, 0.25) is 0 Å². The highest BCUT2D eigenvalue weighted by Crippen LogP contribution is 2.32. The monoisotopic (exact) mass is 463 g/mol. The number of hydrogen-bond acceptors (Lipinski definition) is 8. The summed E-state index contributed by atoms with van der Waals surface area (Å²) in [5, 5.41) is 8.64. The first-order valence-corrected chi connectivity index (χ1v) is 12.0. The van der Waals surface area contributed by atoms with Gasteiger partial charge in [0, 0.05) is 43.8 Å². The molecule has 2 saturated heterocycles. The largest absolute Gasteiger partial charge is 0.494 e. The summed E-state index contributed by atoms with van der Waals surface area (Å²) < 4.78 is 7.20. The Morgan fingerprint density at radius 1 is 1.18 bits per heavy atom. The van der Waals surface area contributed by atoms with E-state index in [-0.39, 0.29) is 5.91 Å². The maximum atomic E-state index is 13.0. The highest BCUT2D eigenvalue weighted by Gasteiger charge is 2.31. The molecule has 10 heteroatoms. The number of aromatic nitrogens is 4. The van der Waals surface area contributed by atoms with Gasteiger partial charge in [-0.05, 0) is 44.1 Å². The van der Waals surface area contributed by atoms with Crippen LogP contribution in [-0.4, -0.2) is 69.9 Å². The molecule has 0 unspecified atom stereocenters. The molecule has 33 heavy (non-hydrogen) atoms. The number of methoxy groups -OCH3 is 1. The van der Waals surface area contributed by atoms with Crippen LogP contribution >= 0.6 is 11.3 Å². The molecule has 0 bridgehead atoms. The van der Waals surface area contributed by atoms with E-state index in [0.29, 0.717) is 22.5 Å². The van der Waals surface area contributed by atoms with Crippen molar-refractivity contribution in [3.63, 3.8) is 0 Å². The van der Waals surface area contributed by atoms with E-state index in [0.717, 1.165) is 40.2 Å². The third kappa shape index (κ3) is 3.68. The molecular formula is C23H25N7O2S. The number of amides is 1. The normalized spacial score (nSPS) is 18.7. The third-order valence-corrected chi connectivity index (χ3v) is 7.48. The molecule has 0 spiro atoms. The van der Waals surface area contributed by atoms with Gasteiger partial charge in [-0.2, -0.15) is 5.10 Å². The highest BCUT2D eigenvalue weighted by molar-refractivity contribution is 7.20. The number of likely N-dealkylation sites (tertiary alicyclic amines) is 1. The van der Waals surface area contributed by atoms with Gasteiger partial charge in [0.25, 0.3) is 5.91 Å². The number of thiazole rings is 1. The van der Waals surface area contributed by atoms with Crippen molar-refractivity contribution in [1.82, 2.24) is 24.6 Å². The van der Waals surface area contributed by atoms with Gasteiger partial charge in [-0.3, -0.25) is 14.4 Å². The van der Waals surface area contributed by atoms with Crippen LogP contribution in [-0.2, 0) is 7.05 Å². The fourth-order valence-electron chi connectivity index (χ4n) is 4.65. The average molecular weight is 464 g/mol. The number of aryl methyl sites for hydroxylation is 1. The zero-order valence-electron chi connectivity index (χ0n) is 18.6. The molecule has 3 aromatic heterocycles. The molecule has 9 nitrogen and oxygen atoms in total. The first kappa shape index (κ1) is 20.4. The zero-order chi connectivity index (χ0) is 22.5. The molecule has 1 atom stereocenters. The number of hydrogen-bond donors (Lipinski definition) is 1. The Bertz CT molecular complexity index is 1360. The first-order chi connectivity index (χ1) is 16.1. The van der Waals surface area contributed by atoms with Crippen LogP contribution in [0.5, 0.6) is 5.75 Å². The predicted octanol–water partition coefficient (Wildman–Crippen LogP) is 3.12. The van der Waals surface area contributed by atoms with Crippen LogP contribution in [0.25, 0.3) is 21.3 Å². The summed E-state index contributed by atoms with van der Waals surface area (Å²) in [7, 11) is 3.44. The van der Waals surface area contributed by atoms with E-state index in [1.807, 2.05) is 37.5 Å². The maximum Gasteiger partial charge on any atom is 0.284 e. The molecule has 5 heterocycles. The molecule has 6 rings (SSSR count). The Labute approximate surface area is 195 Å². The van der Waals surface area contributed by atoms with Gasteiger partial charge >= 0.3 is 0 Å². The molecule has 1 N–H and O–H groups in total. The summed E-state index contributed by atoms with van der Waals surface area (Å²) in [6.07, 6.45) is 4.39. The second kappa shape index (κ2) is 7.96. The van der Waals surface area contributed by atoms with Gasteiger partial charge in [-0.25, -0.2) is 9.97 Å². The molecule has 1 amide bonds. The number of pyridine rings is 1. The summed E-state index contributed by atoms with van der Waals surface area (Å²) >= 11 is 1.31. The highest BCUT2D eigenvalue weighted by atomic mass is 32.1. The van der Waals surface area contributed by atoms with Crippen LogP contribution in [0.1, 0.15) is 22.6 Å². The second-order valence-electron chi connectivity index (χ2n) is 8.66. The SMILES string of the molecule is COc1cc2nn(C)cc2cc1NC(=O)c1nc2ccc(N3CC[C@H](N4CCC4)C3)nc2s1. The van der Waals surface area contributed by atoms with E-state index in [1.54, 1.807) is 11.8 Å². The fourth-order valence-corrected chi connectivity index (χ4v) is 5.48. The van der Waals surface area contributed by atoms with E-state index in [2.05, 4.69) is 25.2 Å². The number of rotatable bonds is 5. The molecule has 2 aliphatic rings. The van der Waals surface area contributed by atoms with Crippen LogP contribution < -0.4 is 15.0 Å². The lowest BCUT2D eigenvalue weighted by Crippen LogP contribution is -2.46. The molecule has 2 fully saturated rings. The average Bonchev–Trinajstić information content (AvgIpc) is 3.48. The molecule has 1 aromatic carbocycles. The number of fused-ring (bicyclic) bond motifs is 2. The van der Waals surface area contributed by atoms with Crippen molar-refractivity contribution in [2.45, 2.75) is 18.9 Å². The van der Waals surface area contributed by atoms with Gasteiger partial charge in [0.2, 0.25) is 0 Å². The Morgan fingerprint density at radius 2 is 2.06 bits per heavy atom. The van der Waals surface area contributed by atoms with Crippen molar-refractivity contribution < 1.29 is 9.53 Å². The van der Waals surface area contributed by atoms with Crippen molar-refractivity contribution in [3.05, 3.63) is 35.5 Å². The minimum absolute atomic E-state index is 0.278. The number of nitrogens with one attached hydrogen (secondary N) is 1. The van der Waals surface area contributed by atoms with E-state index in [4.69, 9.17) is 9.72 Å². The van der Waals surface area contributed by atoms with Gasteiger partial charge in [-0.1, -0.05) is 11.3 Å². The smallest absolute Gasteiger partial charge is 0.284 e. The van der Waals surface area contributed by atoms with Gasteiger partial charge in [0.1, 0.15) is 21.9 Å². The standard InChI is InChI=1S/C23H25N7O2S/c1-28-12-14-10-18(19(32-2)11-17(14)27-28)24-21(31)23-25-16-4-5-20(26-22(16)33-23)30-9-6-15(13-30)29-7-3-8-29/h4-5,10-12,15H,3,6-9,13H2,1-2H3,(H,24,31)/t15-/m0/s1. The molecule has 4 aromatic rings. The number of carbonyl (C=O) groups is 1. The van der Waals surface area contributed by atoms with Gasteiger partial charge in [-0.15, -0.1) is 0 Å². The molecule has 2 aliphatic heterocycles. The minimum atomic E-state index is -0.278. The van der Waals surface area contributed by atoms with Crippen LogP contribution in [0.15, 0.2) is 30.5 Å². The second-order valence-corrected chi connectivity index (χ2v) is 9.64. The van der Waals surface area contributed by atoms with Gasteiger partial charge in [0.05, 0.1) is 18.3 Å². The van der Waals surface area contributed by atoms with Crippen molar-refractivity contribution in [1.29, 1.82) is 0 Å². The quantitative estimate of drug-likeness (QED) is 0.486. The lowest BCUT2D eigenvalue weighted by Gasteiger charge is -2.36. The van der Waals surface area contributed by atoms with Crippen molar-refractivity contribution >= 4 is 50.0 Å². The minimum Gasteiger partial charge on any atom is -0.494 e. The molecule has 0 radical (unpaired) electrons.